The molecule has 0 heterocycles. The Morgan fingerprint density at radius 2 is 1.60 bits per heavy atom. The van der Waals surface area contributed by atoms with Crippen LogP contribution in [0.3, 0.4) is 0 Å². The van der Waals surface area contributed by atoms with Gasteiger partial charge in [0.1, 0.15) is 0 Å². The van der Waals surface area contributed by atoms with Crippen LogP contribution in [0.25, 0.3) is 0 Å². The zero-order valence-electron chi connectivity index (χ0n) is 11.1. The van der Waals surface area contributed by atoms with E-state index >= 15 is 0 Å². The lowest BCUT2D eigenvalue weighted by Crippen LogP contribution is -2.30. The van der Waals surface area contributed by atoms with E-state index in [-0.39, 0.29) is 0 Å². The molecule has 0 radical (unpaired) electrons. The van der Waals surface area contributed by atoms with Gasteiger partial charge in [-0.25, -0.2) is 0 Å². The molecule has 15 heavy (non-hydrogen) atoms. The lowest BCUT2D eigenvalue weighted by atomic mass is 9.83. The predicted molar refractivity (Wildman–Crippen MR) is 68.0 cm³/mol. The normalized spacial score (nSPS) is 22.2. The van der Waals surface area contributed by atoms with Crippen molar-refractivity contribution < 1.29 is 0 Å². The van der Waals surface area contributed by atoms with Gasteiger partial charge < -0.3 is 5.32 Å². The van der Waals surface area contributed by atoms with E-state index in [1.165, 1.54) is 38.8 Å². The Balaban J connectivity index is 2.17. The summed E-state index contributed by atoms with van der Waals surface area (Å²) in [5.41, 5.74) is 0. The van der Waals surface area contributed by atoms with Gasteiger partial charge in [0, 0.05) is 0 Å². The molecule has 2 atom stereocenters. The average Bonchev–Trinajstić information content (AvgIpc) is 2.68. The molecule has 0 spiro atoms. The van der Waals surface area contributed by atoms with Crippen LogP contribution < -0.4 is 5.32 Å². The summed E-state index contributed by atoms with van der Waals surface area (Å²) >= 11 is 0. The number of hydrogen-bond donors (Lipinski definition) is 1. The summed E-state index contributed by atoms with van der Waals surface area (Å²) in [6.45, 7) is 11.8. The highest BCUT2D eigenvalue weighted by Gasteiger charge is 2.25. The third-order valence-corrected chi connectivity index (χ3v) is 4.06. The second-order valence-corrected chi connectivity index (χ2v) is 5.93. The van der Waals surface area contributed by atoms with Crippen molar-refractivity contribution >= 4 is 0 Å². The predicted octanol–water partition coefficient (Wildman–Crippen LogP) is 3.69. The monoisotopic (exact) mass is 211 g/mol. The van der Waals surface area contributed by atoms with E-state index in [1.807, 2.05) is 0 Å². The fourth-order valence-electron chi connectivity index (χ4n) is 2.73. The van der Waals surface area contributed by atoms with E-state index < -0.39 is 0 Å². The standard InChI is InChI=1S/C14H29N/c1-11(2)9-15-10-12(3)13(4)14-7-5-6-8-14/h11-15H,5-10H2,1-4H3. The molecule has 2 unspecified atom stereocenters. The van der Waals surface area contributed by atoms with Gasteiger partial charge in [0.25, 0.3) is 0 Å². The first-order valence-electron chi connectivity index (χ1n) is 6.82. The van der Waals surface area contributed by atoms with Gasteiger partial charge in [-0.05, 0) is 36.8 Å². The van der Waals surface area contributed by atoms with E-state index in [4.69, 9.17) is 0 Å². The SMILES string of the molecule is CC(C)CNCC(C)C(C)C1CCCC1. The molecule has 1 N–H and O–H groups in total. The van der Waals surface area contributed by atoms with Gasteiger partial charge in [0.15, 0.2) is 0 Å². The van der Waals surface area contributed by atoms with Crippen molar-refractivity contribution in [1.82, 2.24) is 5.32 Å². The molecule has 1 fully saturated rings. The van der Waals surface area contributed by atoms with Crippen LogP contribution in [-0.2, 0) is 0 Å². The minimum atomic E-state index is 0.777. The molecular formula is C14H29N. The molecule has 0 aromatic heterocycles. The van der Waals surface area contributed by atoms with Gasteiger partial charge in [-0.3, -0.25) is 0 Å². The lowest BCUT2D eigenvalue weighted by molar-refractivity contribution is 0.256. The first-order valence-corrected chi connectivity index (χ1v) is 6.82. The van der Waals surface area contributed by atoms with Crippen molar-refractivity contribution in [2.75, 3.05) is 13.1 Å². The van der Waals surface area contributed by atoms with Crippen molar-refractivity contribution in [3.63, 3.8) is 0 Å². The largest absolute Gasteiger partial charge is 0.316 e. The van der Waals surface area contributed by atoms with Gasteiger partial charge in [-0.15, -0.1) is 0 Å². The Hall–Kier alpha value is -0.0400. The quantitative estimate of drug-likeness (QED) is 0.706. The molecule has 1 nitrogen and oxygen atoms in total. The third kappa shape index (κ3) is 4.55. The van der Waals surface area contributed by atoms with E-state index in [0.717, 1.165) is 23.7 Å². The van der Waals surface area contributed by atoms with Crippen LogP contribution in [0.5, 0.6) is 0 Å². The molecule has 1 aliphatic carbocycles. The number of hydrogen-bond acceptors (Lipinski definition) is 1. The molecule has 0 aromatic carbocycles. The van der Waals surface area contributed by atoms with Crippen molar-refractivity contribution in [2.24, 2.45) is 23.7 Å². The molecular weight excluding hydrogens is 182 g/mol. The van der Waals surface area contributed by atoms with Crippen LogP contribution in [0.2, 0.25) is 0 Å². The van der Waals surface area contributed by atoms with Crippen LogP contribution in [0, 0.1) is 23.7 Å². The second kappa shape index (κ2) is 6.52. The Bertz CT molecular complexity index is 159. The van der Waals surface area contributed by atoms with Gasteiger partial charge in [0.05, 0.1) is 0 Å². The highest BCUT2D eigenvalue weighted by molar-refractivity contribution is 4.77. The Morgan fingerprint density at radius 3 is 2.13 bits per heavy atom. The molecule has 1 rings (SSSR count). The maximum atomic E-state index is 3.59. The highest BCUT2D eigenvalue weighted by atomic mass is 14.9. The van der Waals surface area contributed by atoms with E-state index in [9.17, 15) is 0 Å². The van der Waals surface area contributed by atoms with Gasteiger partial charge >= 0.3 is 0 Å². The number of rotatable bonds is 6. The summed E-state index contributed by atoms with van der Waals surface area (Å²) in [5.74, 6) is 3.54. The van der Waals surface area contributed by atoms with E-state index in [1.54, 1.807) is 0 Å². The second-order valence-electron chi connectivity index (χ2n) is 5.93. The summed E-state index contributed by atoms with van der Waals surface area (Å²) in [4.78, 5) is 0. The van der Waals surface area contributed by atoms with Crippen LogP contribution in [0.15, 0.2) is 0 Å². The van der Waals surface area contributed by atoms with Gasteiger partial charge in [-0.2, -0.15) is 0 Å². The number of nitrogens with one attached hydrogen (secondary N) is 1. The smallest absolute Gasteiger partial charge is 0.00204 e. The molecule has 0 aliphatic heterocycles. The topological polar surface area (TPSA) is 12.0 Å². The first kappa shape index (κ1) is 13.0. The van der Waals surface area contributed by atoms with Gasteiger partial charge in [0.2, 0.25) is 0 Å². The summed E-state index contributed by atoms with van der Waals surface area (Å²) in [6.07, 6.45) is 5.91. The van der Waals surface area contributed by atoms with Gasteiger partial charge in [-0.1, -0.05) is 53.4 Å². The summed E-state index contributed by atoms with van der Waals surface area (Å²) in [5, 5.41) is 3.59. The molecule has 0 bridgehead atoms. The summed E-state index contributed by atoms with van der Waals surface area (Å²) in [6, 6.07) is 0. The zero-order valence-corrected chi connectivity index (χ0v) is 11.1. The van der Waals surface area contributed by atoms with E-state index in [0.29, 0.717) is 0 Å². The molecule has 1 aliphatic rings. The molecule has 1 saturated carbocycles. The van der Waals surface area contributed by atoms with Crippen LogP contribution in [0.1, 0.15) is 53.4 Å². The van der Waals surface area contributed by atoms with Crippen LogP contribution >= 0.6 is 0 Å². The summed E-state index contributed by atoms with van der Waals surface area (Å²) in [7, 11) is 0. The third-order valence-electron chi connectivity index (χ3n) is 4.06. The average molecular weight is 211 g/mol. The Morgan fingerprint density at radius 1 is 1.00 bits per heavy atom. The molecule has 90 valence electrons. The first-order chi connectivity index (χ1) is 7.11. The van der Waals surface area contributed by atoms with Crippen LogP contribution in [-0.4, -0.2) is 13.1 Å². The minimum absolute atomic E-state index is 0.777. The molecule has 0 amide bonds. The van der Waals surface area contributed by atoms with Crippen molar-refractivity contribution in [3.05, 3.63) is 0 Å². The molecule has 1 heteroatoms. The highest BCUT2D eigenvalue weighted by Crippen LogP contribution is 2.34. The van der Waals surface area contributed by atoms with Crippen molar-refractivity contribution in [2.45, 2.75) is 53.4 Å². The fourth-order valence-corrected chi connectivity index (χ4v) is 2.73. The molecule has 0 saturated heterocycles. The van der Waals surface area contributed by atoms with E-state index in [2.05, 4.69) is 33.0 Å². The van der Waals surface area contributed by atoms with Crippen LogP contribution in [0.4, 0.5) is 0 Å². The zero-order chi connectivity index (χ0) is 11.3. The Kier molecular flexibility index (Phi) is 5.66. The summed E-state index contributed by atoms with van der Waals surface area (Å²) < 4.78 is 0. The lowest BCUT2D eigenvalue weighted by Gasteiger charge is -2.26. The molecule has 0 aromatic rings. The maximum absolute atomic E-state index is 3.59. The minimum Gasteiger partial charge on any atom is -0.316 e. The van der Waals surface area contributed by atoms with Crippen molar-refractivity contribution in [1.29, 1.82) is 0 Å². The maximum Gasteiger partial charge on any atom is -0.00204 e. The Labute approximate surface area is 96.0 Å². The van der Waals surface area contributed by atoms with Crippen molar-refractivity contribution in [3.8, 4) is 0 Å². The fraction of sp³-hybridized carbons (Fsp3) is 1.00.